The molecule has 1 aliphatic rings. The Labute approximate surface area is 119 Å². The van der Waals surface area contributed by atoms with Crippen LogP contribution in [0.3, 0.4) is 0 Å². The van der Waals surface area contributed by atoms with E-state index in [0.717, 1.165) is 29.8 Å². The van der Waals surface area contributed by atoms with Crippen molar-refractivity contribution >= 4 is 0 Å². The molecule has 0 aliphatic heterocycles. The number of ether oxygens (including phenoxy) is 2. The van der Waals surface area contributed by atoms with Crippen LogP contribution in [0.4, 0.5) is 0 Å². The fraction of sp³-hybridized carbons (Fsp3) is 0.294. The summed E-state index contributed by atoms with van der Waals surface area (Å²) in [4.78, 5) is 0. The van der Waals surface area contributed by atoms with Gasteiger partial charge in [-0.05, 0) is 54.8 Å². The molecule has 3 heteroatoms. The van der Waals surface area contributed by atoms with Gasteiger partial charge < -0.3 is 14.8 Å². The van der Waals surface area contributed by atoms with Crippen molar-refractivity contribution in [3.05, 3.63) is 54.1 Å². The molecule has 1 fully saturated rings. The molecule has 104 valence electrons. The second-order valence-corrected chi connectivity index (χ2v) is 5.08. The quantitative estimate of drug-likeness (QED) is 0.866. The lowest BCUT2D eigenvalue weighted by molar-refractivity contribution is 0.413. The van der Waals surface area contributed by atoms with Crippen molar-refractivity contribution in [2.24, 2.45) is 0 Å². The standard InChI is InChI=1S/C17H19NO2/c1-19-15-7-9-16(10-8-15)20-17-4-2-3-13(11-17)12-18-14-5-6-14/h2-4,7-11,14,18H,5-6,12H2,1H3. The second-order valence-electron chi connectivity index (χ2n) is 5.08. The van der Waals surface area contributed by atoms with Crippen molar-refractivity contribution in [2.75, 3.05) is 7.11 Å². The van der Waals surface area contributed by atoms with Crippen molar-refractivity contribution in [3.8, 4) is 17.2 Å². The zero-order valence-corrected chi connectivity index (χ0v) is 11.6. The topological polar surface area (TPSA) is 30.5 Å². The lowest BCUT2D eigenvalue weighted by Gasteiger charge is -2.09. The van der Waals surface area contributed by atoms with E-state index in [9.17, 15) is 0 Å². The van der Waals surface area contributed by atoms with E-state index in [2.05, 4.69) is 17.4 Å². The molecular formula is C17H19NO2. The van der Waals surface area contributed by atoms with Crippen molar-refractivity contribution in [2.45, 2.75) is 25.4 Å². The minimum absolute atomic E-state index is 0.723. The number of hydrogen-bond donors (Lipinski definition) is 1. The summed E-state index contributed by atoms with van der Waals surface area (Å²) in [6.45, 7) is 0.907. The van der Waals surface area contributed by atoms with Crippen LogP contribution in [-0.2, 0) is 6.54 Å². The van der Waals surface area contributed by atoms with Crippen LogP contribution in [0.1, 0.15) is 18.4 Å². The first kappa shape index (κ1) is 13.0. The molecule has 1 aliphatic carbocycles. The third kappa shape index (κ3) is 3.52. The Morgan fingerprint density at radius 1 is 1.00 bits per heavy atom. The maximum absolute atomic E-state index is 5.86. The highest BCUT2D eigenvalue weighted by atomic mass is 16.5. The molecule has 0 atom stereocenters. The van der Waals surface area contributed by atoms with Gasteiger partial charge in [0.25, 0.3) is 0 Å². The number of hydrogen-bond acceptors (Lipinski definition) is 3. The highest BCUT2D eigenvalue weighted by Gasteiger charge is 2.19. The Morgan fingerprint density at radius 3 is 2.45 bits per heavy atom. The SMILES string of the molecule is COc1ccc(Oc2cccc(CNC3CC3)c2)cc1. The smallest absolute Gasteiger partial charge is 0.127 e. The van der Waals surface area contributed by atoms with Crippen LogP contribution in [0.5, 0.6) is 17.2 Å². The summed E-state index contributed by atoms with van der Waals surface area (Å²) < 4.78 is 11.0. The van der Waals surface area contributed by atoms with Gasteiger partial charge in [0.15, 0.2) is 0 Å². The van der Waals surface area contributed by atoms with Crippen molar-refractivity contribution in [1.82, 2.24) is 5.32 Å². The van der Waals surface area contributed by atoms with Crippen LogP contribution in [0.25, 0.3) is 0 Å². The third-order valence-electron chi connectivity index (χ3n) is 3.37. The normalized spacial score (nSPS) is 14.1. The van der Waals surface area contributed by atoms with E-state index < -0.39 is 0 Å². The maximum Gasteiger partial charge on any atom is 0.127 e. The van der Waals surface area contributed by atoms with Gasteiger partial charge in [-0.2, -0.15) is 0 Å². The van der Waals surface area contributed by atoms with Gasteiger partial charge in [0.1, 0.15) is 17.2 Å². The lowest BCUT2D eigenvalue weighted by Crippen LogP contribution is -2.15. The minimum Gasteiger partial charge on any atom is -0.497 e. The monoisotopic (exact) mass is 269 g/mol. The zero-order chi connectivity index (χ0) is 13.8. The van der Waals surface area contributed by atoms with Gasteiger partial charge >= 0.3 is 0 Å². The van der Waals surface area contributed by atoms with Gasteiger partial charge in [0.2, 0.25) is 0 Å². The van der Waals surface area contributed by atoms with Gasteiger partial charge in [-0.3, -0.25) is 0 Å². The minimum atomic E-state index is 0.723. The van der Waals surface area contributed by atoms with Gasteiger partial charge in [-0.25, -0.2) is 0 Å². The maximum atomic E-state index is 5.86. The van der Waals surface area contributed by atoms with Crippen LogP contribution >= 0.6 is 0 Å². The molecule has 0 radical (unpaired) electrons. The van der Waals surface area contributed by atoms with Crippen LogP contribution in [0.2, 0.25) is 0 Å². The summed E-state index contributed by atoms with van der Waals surface area (Å²) in [5.41, 5.74) is 1.25. The fourth-order valence-electron chi connectivity index (χ4n) is 2.05. The highest BCUT2D eigenvalue weighted by Crippen LogP contribution is 2.25. The predicted molar refractivity (Wildman–Crippen MR) is 79.4 cm³/mol. The Hall–Kier alpha value is -2.00. The first-order valence-corrected chi connectivity index (χ1v) is 6.98. The molecule has 0 bridgehead atoms. The Balaban J connectivity index is 1.64. The van der Waals surface area contributed by atoms with Crippen LogP contribution < -0.4 is 14.8 Å². The summed E-state index contributed by atoms with van der Waals surface area (Å²) in [5.74, 6) is 2.52. The first-order chi connectivity index (χ1) is 9.83. The van der Waals surface area contributed by atoms with Crippen LogP contribution in [0.15, 0.2) is 48.5 Å². The molecular weight excluding hydrogens is 250 g/mol. The number of methoxy groups -OCH3 is 1. The molecule has 0 aromatic heterocycles. The molecule has 0 heterocycles. The summed E-state index contributed by atoms with van der Waals surface area (Å²) in [7, 11) is 1.66. The van der Waals surface area contributed by atoms with E-state index in [0.29, 0.717) is 0 Å². The van der Waals surface area contributed by atoms with Crippen molar-refractivity contribution in [3.63, 3.8) is 0 Å². The first-order valence-electron chi connectivity index (χ1n) is 6.98. The molecule has 20 heavy (non-hydrogen) atoms. The van der Waals surface area contributed by atoms with E-state index in [4.69, 9.17) is 9.47 Å². The van der Waals surface area contributed by atoms with E-state index in [1.165, 1.54) is 18.4 Å². The molecule has 1 saturated carbocycles. The Bertz CT molecular complexity index is 561. The molecule has 0 amide bonds. The second kappa shape index (κ2) is 5.97. The van der Waals surface area contributed by atoms with E-state index in [-0.39, 0.29) is 0 Å². The molecule has 3 rings (SSSR count). The molecule has 2 aromatic carbocycles. The van der Waals surface area contributed by atoms with Crippen molar-refractivity contribution < 1.29 is 9.47 Å². The lowest BCUT2D eigenvalue weighted by atomic mass is 10.2. The molecule has 0 spiro atoms. The average Bonchev–Trinajstić information content (AvgIpc) is 3.31. The molecule has 0 saturated heterocycles. The third-order valence-corrected chi connectivity index (χ3v) is 3.37. The van der Waals surface area contributed by atoms with Crippen LogP contribution in [0, 0.1) is 0 Å². The van der Waals surface area contributed by atoms with Crippen LogP contribution in [-0.4, -0.2) is 13.2 Å². The van der Waals surface area contributed by atoms with Crippen molar-refractivity contribution in [1.29, 1.82) is 0 Å². The summed E-state index contributed by atoms with van der Waals surface area (Å²) in [5, 5.41) is 3.51. The number of nitrogens with one attached hydrogen (secondary N) is 1. The Kier molecular flexibility index (Phi) is 3.88. The number of rotatable bonds is 6. The average molecular weight is 269 g/mol. The summed E-state index contributed by atoms with van der Waals surface area (Å²) in [6, 6.07) is 16.5. The van der Waals surface area contributed by atoms with E-state index >= 15 is 0 Å². The fourth-order valence-corrected chi connectivity index (χ4v) is 2.05. The highest BCUT2D eigenvalue weighted by molar-refractivity contribution is 5.36. The molecule has 3 nitrogen and oxygen atoms in total. The number of benzene rings is 2. The predicted octanol–water partition coefficient (Wildman–Crippen LogP) is 3.74. The van der Waals surface area contributed by atoms with Gasteiger partial charge in [0.05, 0.1) is 7.11 Å². The van der Waals surface area contributed by atoms with E-state index in [1.807, 2.05) is 36.4 Å². The van der Waals surface area contributed by atoms with E-state index in [1.54, 1.807) is 7.11 Å². The molecule has 2 aromatic rings. The van der Waals surface area contributed by atoms with Gasteiger partial charge in [0, 0.05) is 12.6 Å². The van der Waals surface area contributed by atoms with Gasteiger partial charge in [-0.1, -0.05) is 12.1 Å². The summed E-state index contributed by atoms with van der Waals surface area (Å²) >= 11 is 0. The summed E-state index contributed by atoms with van der Waals surface area (Å²) in [6.07, 6.45) is 2.62. The zero-order valence-electron chi connectivity index (χ0n) is 11.6. The molecule has 1 N–H and O–H groups in total. The Morgan fingerprint density at radius 2 is 1.75 bits per heavy atom. The molecule has 0 unspecified atom stereocenters. The van der Waals surface area contributed by atoms with Gasteiger partial charge in [-0.15, -0.1) is 0 Å². The largest absolute Gasteiger partial charge is 0.497 e.